The molecule has 0 saturated heterocycles. The number of halogens is 6. The first kappa shape index (κ1) is 37.3. The summed E-state index contributed by atoms with van der Waals surface area (Å²) in [5, 5.41) is 7.74. The maximum Gasteiger partial charge on any atom is 0.236 e. The second kappa shape index (κ2) is 17.8. The Bertz CT molecular complexity index is 1840. The number of benzene rings is 6. The lowest BCUT2D eigenvalue weighted by Crippen LogP contribution is -2.22. The monoisotopic (exact) mass is 778 g/mol. The Hall–Kier alpha value is -4.00. The molecule has 10 heteroatoms. The summed E-state index contributed by atoms with van der Waals surface area (Å²) in [6, 6.07) is 44.5. The van der Waals surface area contributed by atoms with Crippen LogP contribution in [0.5, 0.6) is 0 Å². The van der Waals surface area contributed by atoms with Crippen LogP contribution in [0.25, 0.3) is 0 Å². The zero-order valence-corrected chi connectivity index (χ0v) is 30.6. The molecule has 0 aromatic heterocycles. The number of nitrogens with one attached hydrogen (secondary N) is 2. The van der Waals surface area contributed by atoms with Gasteiger partial charge in [-0.2, -0.15) is 0 Å². The molecule has 0 unspecified atom stereocenters. The van der Waals surface area contributed by atoms with E-state index in [1.165, 1.54) is 12.1 Å². The standard InChI is InChI=1S/2C20H14Cl3NO/c2*21-15-11-17(23)18(12-16(15)22)24-20(25)19(13-7-3-1-4-8-13)14-9-5-2-6-10-14/h2*1-12,19H,(H,24,25). The fourth-order valence-corrected chi connectivity index (χ4v) is 6.41. The van der Waals surface area contributed by atoms with E-state index in [1.54, 1.807) is 12.1 Å². The first-order valence-corrected chi connectivity index (χ1v) is 17.5. The number of anilines is 2. The Balaban J connectivity index is 0.000000194. The molecule has 0 bridgehead atoms. The van der Waals surface area contributed by atoms with E-state index in [9.17, 15) is 9.59 Å². The van der Waals surface area contributed by atoms with Gasteiger partial charge in [-0.05, 0) is 46.5 Å². The van der Waals surface area contributed by atoms with Gasteiger partial charge in [-0.15, -0.1) is 0 Å². The minimum Gasteiger partial charge on any atom is -0.324 e. The summed E-state index contributed by atoms with van der Waals surface area (Å²) in [6.07, 6.45) is 0. The van der Waals surface area contributed by atoms with E-state index in [1.807, 2.05) is 121 Å². The Morgan fingerprint density at radius 3 is 0.860 bits per heavy atom. The van der Waals surface area contributed by atoms with Crippen LogP contribution in [0.15, 0.2) is 146 Å². The van der Waals surface area contributed by atoms with Crippen LogP contribution in [-0.2, 0) is 9.59 Å². The molecule has 0 fully saturated rings. The highest BCUT2D eigenvalue weighted by Gasteiger charge is 2.25. The SMILES string of the molecule is O=C(Nc1cc(Cl)c(Cl)cc1Cl)C(c1ccccc1)c1ccccc1.O=C(Nc1cc(Cl)c(Cl)cc1Cl)C(c1ccccc1)c1ccccc1. The van der Waals surface area contributed by atoms with Crippen LogP contribution in [0.4, 0.5) is 11.4 Å². The topological polar surface area (TPSA) is 58.2 Å². The van der Waals surface area contributed by atoms with E-state index in [2.05, 4.69) is 10.6 Å². The molecule has 50 heavy (non-hydrogen) atoms. The number of rotatable bonds is 8. The van der Waals surface area contributed by atoms with Crippen molar-refractivity contribution in [2.24, 2.45) is 0 Å². The molecule has 6 aromatic carbocycles. The Morgan fingerprint density at radius 1 is 0.360 bits per heavy atom. The number of carbonyl (C=O) groups is 2. The molecule has 0 radical (unpaired) electrons. The third-order valence-electron chi connectivity index (χ3n) is 7.59. The molecular weight excluding hydrogens is 753 g/mol. The summed E-state index contributed by atoms with van der Waals surface area (Å²) in [5.41, 5.74) is 4.42. The van der Waals surface area contributed by atoms with Gasteiger partial charge in [0.05, 0.1) is 53.3 Å². The molecule has 0 saturated carbocycles. The molecule has 4 nitrogen and oxygen atoms in total. The zero-order valence-electron chi connectivity index (χ0n) is 26.1. The molecule has 0 atom stereocenters. The van der Waals surface area contributed by atoms with Crippen molar-refractivity contribution in [2.75, 3.05) is 10.6 Å². The normalized spacial score (nSPS) is 10.7. The van der Waals surface area contributed by atoms with Gasteiger partial charge in [0, 0.05) is 0 Å². The van der Waals surface area contributed by atoms with Gasteiger partial charge >= 0.3 is 0 Å². The highest BCUT2D eigenvalue weighted by atomic mass is 35.5. The molecule has 6 aromatic rings. The van der Waals surface area contributed by atoms with E-state index in [0.717, 1.165) is 22.3 Å². The van der Waals surface area contributed by atoms with Crippen molar-refractivity contribution < 1.29 is 9.59 Å². The maximum atomic E-state index is 13.0. The summed E-state index contributed by atoms with van der Waals surface area (Å²) in [5.74, 6) is -1.32. The first-order valence-electron chi connectivity index (χ1n) is 15.2. The van der Waals surface area contributed by atoms with Gasteiger partial charge in [0.25, 0.3) is 0 Å². The van der Waals surface area contributed by atoms with Crippen LogP contribution in [0.1, 0.15) is 34.1 Å². The molecule has 2 amide bonds. The van der Waals surface area contributed by atoms with Crippen molar-refractivity contribution in [3.05, 3.63) is 198 Å². The third kappa shape index (κ3) is 9.61. The van der Waals surface area contributed by atoms with E-state index in [4.69, 9.17) is 69.6 Å². The van der Waals surface area contributed by atoms with Crippen molar-refractivity contribution in [1.82, 2.24) is 0 Å². The van der Waals surface area contributed by atoms with Gasteiger partial charge in [-0.1, -0.05) is 191 Å². The molecule has 0 aliphatic carbocycles. The minimum absolute atomic E-state index is 0.197. The molecule has 0 heterocycles. The summed E-state index contributed by atoms with van der Waals surface area (Å²) in [6.45, 7) is 0. The number of amides is 2. The third-order valence-corrected chi connectivity index (χ3v) is 9.66. The average Bonchev–Trinajstić information content (AvgIpc) is 3.12. The number of hydrogen-bond donors (Lipinski definition) is 2. The van der Waals surface area contributed by atoms with Crippen molar-refractivity contribution in [2.45, 2.75) is 11.8 Å². The summed E-state index contributed by atoms with van der Waals surface area (Å²) >= 11 is 36.3. The highest BCUT2D eigenvalue weighted by Crippen LogP contribution is 2.35. The van der Waals surface area contributed by atoms with Crippen molar-refractivity contribution in [3.63, 3.8) is 0 Å². The smallest absolute Gasteiger partial charge is 0.236 e. The highest BCUT2D eigenvalue weighted by molar-refractivity contribution is 6.45. The fourth-order valence-electron chi connectivity index (χ4n) is 5.22. The van der Waals surface area contributed by atoms with Gasteiger partial charge < -0.3 is 10.6 Å². The van der Waals surface area contributed by atoms with Gasteiger partial charge in [-0.25, -0.2) is 0 Å². The van der Waals surface area contributed by atoms with Gasteiger partial charge in [0.2, 0.25) is 11.8 Å². The largest absolute Gasteiger partial charge is 0.324 e. The van der Waals surface area contributed by atoms with Crippen LogP contribution < -0.4 is 10.6 Å². The van der Waals surface area contributed by atoms with Gasteiger partial charge in [-0.3, -0.25) is 9.59 Å². The quantitative estimate of drug-likeness (QED) is 0.151. The molecular formula is C40H28Cl6N2O2. The Morgan fingerprint density at radius 2 is 0.600 bits per heavy atom. The fraction of sp³-hybridized carbons (Fsp3) is 0.0500. The Labute approximate surface area is 320 Å². The molecule has 0 spiro atoms. The van der Waals surface area contributed by atoms with E-state index in [0.29, 0.717) is 41.5 Å². The summed E-state index contributed by atoms with van der Waals surface area (Å²) < 4.78 is 0. The molecule has 6 rings (SSSR count). The number of carbonyl (C=O) groups excluding carboxylic acids is 2. The summed E-state index contributed by atoms with van der Waals surface area (Å²) in [4.78, 5) is 26.0. The molecule has 0 aliphatic heterocycles. The van der Waals surface area contributed by atoms with E-state index < -0.39 is 11.8 Å². The molecule has 2 N–H and O–H groups in total. The van der Waals surface area contributed by atoms with Crippen molar-refractivity contribution in [1.29, 1.82) is 0 Å². The van der Waals surface area contributed by atoms with Crippen molar-refractivity contribution >= 4 is 92.8 Å². The van der Waals surface area contributed by atoms with Crippen LogP contribution in [0.2, 0.25) is 30.1 Å². The predicted octanol–water partition coefficient (Wildman–Crippen LogP) is 12.8. The summed E-state index contributed by atoms with van der Waals surface area (Å²) in [7, 11) is 0. The second-order valence-electron chi connectivity index (χ2n) is 11.0. The van der Waals surface area contributed by atoms with Crippen LogP contribution >= 0.6 is 69.6 Å². The molecule has 0 aliphatic rings. The number of hydrogen-bond acceptors (Lipinski definition) is 2. The lowest BCUT2D eigenvalue weighted by Gasteiger charge is -2.18. The van der Waals surface area contributed by atoms with E-state index >= 15 is 0 Å². The second-order valence-corrected chi connectivity index (χ2v) is 13.4. The Kier molecular flexibility index (Phi) is 13.2. The lowest BCUT2D eigenvalue weighted by atomic mass is 9.90. The molecule has 252 valence electrons. The first-order chi connectivity index (χ1) is 24.1. The van der Waals surface area contributed by atoms with Gasteiger partial charge in [0.15, 0.2) is 0 Å². The maximum absolute atomic E-state index is 13.0. The lowest BCUT2D eigenvalue weighted by molar-refractivity contribution is -0.117. The van der Waals surface area contributed by atoms with E-state index in [-0.39, 0.29) is 11.8 Å². The average molecular weight is 781 g/mol. The van der Waals surface area contributed by atoms with Crippen LogP contribution in [-0.4, -0.2) is 11.8 Å². The van der Waals surface area contributed by atoms with Crippen molar-refractivity contribution in [3.8, 4) is 0 Å². The zero-order chi connectivity index (χ0) is 35.6. The van der Waals surface area contributed by atoms with Crippen LogP contribution in [0, 0.1) is 0 Å². The van der Waals surface area contributed by atoms with Crippen LogP contribution in [0.3, 0.4) is 0 Å². The predicted molar refractivity (Wildman–Crippen MR) is 210 cm³/mol. The van der Waals surface area contributed by atoms with Gasteiger partial charge in [0.1, 0.15) is 0 Å². The minimum atomic E-state index is -0.465.